The summed E-state index contributed by atoms with van der Waals surface area (Å²) >= 11 is 3.07. The van der Waals surface area contributed by atoms with Gasteiger partial charge in [-0.1, -0.05) is 12.1 Å². The number of hydrogen-bond donors (Lipinski definition) is 1. The van der Waals surface area contributed by atoms with Gasteiger partial charge in [0, 0.05) is 32.2 Å². The molecule has 0 aliphatic carbocycles. The van der Waals surface area contributed by atoms with Crippen LogP contribution >= 0.6 is 40.7 Å². The van der Waals surface area contributed by atoms with Crippen LogP contribution in [0.3, 0.4) is 0 Å². The number of hydrogen-bond acceptors (Lipinski definition) is 2. The minimum Gasteiger partial charge on any atom is -0.314 e. The van der Waals surface area contributed by atoms with Crippen LogP contribution in [-0.2, 0) is 0 Å². The molecule has 1 aliphatic rings. The largest absolute Gasteiger partial charge is 0.390 e. The van der Waals surface area contributed by atoms with Gasteiger partial charge in [-0.05, 0) is 27.6 Å². The van der Waals surface area contributed by atoms with Gasteiger partial charge in [0.15, 0.2) is 0 Å². The second-order valence-electron chi connectivity index (χ2n) is 4.76. The number of benzene rings is 1. The Morgan fingerprint density at radius 1 is 1.18 bits per heavy atom. The Labute approximate surface area is 147 Å². The first-order valence-corrected chi connectivity index (χ1v) is 7.13. The van der Waals surface area contributed by atoms with Crippen LogP contribution in [0.5, 0.6) is 0 Å². The van der Waals surface area contributed by atoms with Crippen LogP contribution in [0.15, 0.2) is 22.7 Å². The summed E-state index contributed by atoms with van der Waals surface area (Å²) in [6, 6.07) is 3.37. The highest BCUT2D eigenvalue weighted by molar-refractivity contribution is 9.10. The molecule has 1 aromatic rings. The molecule has 1 fully saturated rings. The third-order valence-electron chi connectivity index (χ3n) is 3.36. The molecule has 2 rings (SSSR count). The first kappa shape index (κ1) is 21.9. The molecular formula is C13H17BrCl2F4N2. The summed E-state index contributed by atoms with van der Waals surface area (Å²) in [7, 11) is 0. The topological polar surface area (TPSA) is 15.3 Å². The van der Waals surface area contributed by atoms with Gasteiger partial charge in [-0.3, -0.25) is 4.90 Å². The van der Waals surface area contributed by atoms with Crippen molar-refractivity contribution in [3.05, 3.63) is 34.1 Å². The predicted molar refractivity (Wildman–Crippen MR) is 86.5 cm³/mol. The smallest absolute Gasteiger partial charge is 0.314 e. The second kappa shape index (κ2) is 9.27. The summed E-state index contributed by atoms with van der Waals surface area (Å²) < 4.78 is 52.2. The van der Waals surface area contributed by atoms with Crippen molar-refractivity contribution in [3.8, 4) is 0 Å². The number of piperazine rings is 1. The van der Waals surface area contributed by atoms with Crippen LogP contribution in [-0.4, -0.2) is 37.3 Å². The minimum atomic E-state index is -4.29. The fraction of sp³-hybridized carbons (Fsp3) is 0.538. The van der Waals surface area contributed by atoms with Crippen molar-refractivity contribution in [1.82, 2.24) is 10.2 Å². The van der Waals surface area contributed by atoms with E-state index in [9.17, 15) is 17.6 Å². The van der Waals surface area contributed by atoms with Gasteiger partial charge in [0.05, 0.1) is 10.9 Å². The lowest BCUT2D eigenvalue weighted by Crippen LogP contribution is -2.46. The van der Waals surface area contributed by atoms with E-state index in [1.165, 1.54) is 12.1 Å². The molecule has 1 saturated heterocycles. The van der Waals surface area contributed by atoms with Crippen molar-refractivity contribution < 1.29 is 17.6 Å². The molecule has 1 aromatic carbocycles. The molecule has 0 aromatic heterocycles. The van der Waals surface area contributed by atoms with Crippen molar-refractivity contribution >= 4 is 40.7 Å². The molecule has 9 heteroatoms. The van der Waals surface area contributed by atoms with Gasteiger partial charge in [0.25, 0.3) is 0 Å². The number of alkyl halides is 3. The Kier molecular flexibility index (Phi) is 9.24. The Hall–Kier alpha value is -0.0800. The maximum atomic E-state index is 13.6. The van der Waals surface area contributed by atoms with Crippen LogP contribution in [0.1, 0.15) is 18.0 Å². The van der Waals surface area contributed by atoms with Crippen LogP contribution in [0, 0.1) is 5.82 Å². The molecule has 0 bridgehead atoms. The highest BCUT2D eigenvalue weighted by Gasteiger charge is 2.36. The first-order valence-electron chi connectivity index (χ1n) is 6.34. The third-order valence-corrected chi connectivity index (χ3v) is 4.19. The van der Waals surface area contributed by atoms with Crippen molar-refractivity contribution in [2.24, 2.45) is 0 Å². The SMILES string of the molecule is Cl.Cl.Fc1cccc([C@H](CC(F)(F)F)N2CCNCC2)c1Br. The average Bonchev–Trinajstić information content (AvgIpc) is 2.40. The quantitative estimate of drug-likeness (QED) is 0.722. The molecule has 0 saturated carbocycles. The molecule has 128 valence electrons. The number of rotatable bonds is 3. The molecule has 1 heterocycles. The Morgan fingerprint density at radius 2 is 1.77 bits per heavy atom. The van der Waals surface area contributed by atoms with Gasteiger partial charge in [-0.2, -0.15) is 13.2 Å². The Bertz CT molecular complexity index is 468. The van der Waals surface area contributed by atoms with Crippen LogP contribution < -0.4 is 5.32 Å². The molecule has 1 atom stereocenters. The number of nitrogens with zero attached hydrogens (tertiary/aromatic N) is 1. The maximum absolute atomic E-state index is 13.6. The average molecular weight is 428 g/mol. The zero-order chi connectivity index (χ0) is 14.8. The van der Waals surface area contributed by atoms with Crippen LogP contribution in [0.25, 0.3) is 0 Å². The molecule has 1 aliphatic heterocycles. The lowest BCUT2D eigenvalue weighted by atomic mass is 10.0. The van der Waals surface area contributed by atoms with E-state index in [1.54, 1.807) is 11.0 Å². The molecule has 2 nitrogen and oxygen atoms in total. The summed E-state index contributed by atoms with van der Waals surface area (Å²) in [5.74, 6) is -0.537. The minimum absolute atomic E-state index is 0. The maximum Gasteiger partial charge on any atom is 0.390 e. The predicted octanol–water partition coefficient (Wildman–Crippen LogP) is 4.33. The fourth-order valence-electron chi connectivity index (χ4n) is 2.43. The van der Waals surface area contributed by atoms with Gasteiger partial charge in [0.2, 0.25) is 0 Å². The van der Waals surface area contributed by atoms with E-state index >= 15 is 0 Å². The van der Waals surface area contributed by atoms with Gasteiger partial charge >= 0.3 is 6.18 Å². The molecule has 1 N–H and O–H groups in total. The lowest BCUT2D eigenvalue weighted by Gasteiger charge is -2.36. The molecule has 22 heavy (non-hydrogen) atoms. The van der Waals surface area contributed by atoms with Gasteiger partial charge in [0.1, 0.15) is 5.82 Å². The van der Waals surface area contributed by atoms with Crippen molar-refractivity contribution in [2.75, 3.05) is 26.2 Å². The fourth-order valence-corrected chi connectivity index (χ4v) is 2.96. The second-order valence-corrected chi connectivity index (χ2v) is 5.56. The molecular weight excluding hydrogens is 411 g/mol. The molecule has 0 unspecified atom stereocenters. The van der Waals surface area contributed by atoms with Crippen molar-refractivity contribution in [1.29, 1.82) is 0 Å². The zero-order valence-corrected chi connectivity index (χ0v) is 14.7. The lowest BCUT2D eigenvalue weighted by molar-refractivity contribution is -0.148. The number of halogens is 7. The third kappa shape index (κ3) is 5.85. The van der Waals surface area contributed by atoms with E-state index < -0.39 is 24.5 Å². The van der Waals surface area contributed by atoms with E-state index in [1.807, 2.05) is 0 Å². The van der Waals surface area contributed by atoms with E-state index in [0.29, 0.717) is 31.7 Å². The Morgan fingerprint density at radius 3 is 2.32 bits per heavy atom. The van der Waals surface area contributed by atoms with E-state index in [-0.39, 0.29) is 29.3 Å². The van der Waals surface area contributed by atoms with E-state index in [0.717, 1.165) is 0 Å². The summed E-state index contributed by atoms with van der Waals surface area (Å²) in [5, 5.41) is 3.10. The monoisotopic (exact) mass is 426 g/mol. The molecule has 0 radical (unpaired) electrons. The normalized spacial score (nSPS) is 17.3. The zero-order valence-electron chi connectivity index (χ0n) is 11.5. The summed E-state index contributed by atoms with van der Waals surface area (Å²) in [4.78, 5) is 1.75. The molecule has 0 spiro atoms. The summed E-state index contributed by atoms with van der Waals surface area (Å²) in [5.41, 5.74) is 0.351. The van der Waals surface area contributed by atoms with E-state index in [4.69, 9.17) is 0 Å². The van der Waals surface area contributed by atoms with Gasteiger partial charge < -0.3 is 5.32 Å². The molecule has 0 amide bonds. The summed E-state index contributed by atoms with van der Waals surface area (Å²) in [6.45, 7) is 2.32. The van der Waals surface area contributed by atoms with Crippen LogP contribution in [0.4, 0.5) is 17.6 Å². The standard InChI is InChI=1S/C13H15BrF4N2.2ClH/c14-12-9(2-1-3-10(12)15)11(8-13(16,17)18)20-6-4-19-5-7-20;;/h1-3,11,19H,4-8H2;2*1H/t11-;;/m0../s1. The van der Waals surface area contributed by atoms with Gasteiger partial charge in [-0.25, -0.2) is 4.39 Å². The van der Waals surface area contributed by atoms with Crippen LogP contribution in [0.2, 0.25) is 0 Å². The number of nitrogens with one attached hydrogen (secondary N) is 1. The van der Waals surface area contributed by atoms with Gasteiger partial charge in [-0.15, -0.1) is 24.8 Å². The summed E-state index contributed by atoms with van der Waals surface area (Å²) in [6.07, 6.45) is -5.27. The highest BCUT2D eigenvalue weighted by atomic mass is 79.9. The highest BCUT2D eigenvalue weighted by Crippen LogP contribution is 2.37. The first-order chi connectivity index (χ1) is 9.38. The van der Waals surface area contributed by atoms with Crippen molar-refractivity contribution in [3.63, 3.8) is 0 Å². The van der Waals surface area contributed by atoms with Crippen molar-refractivity contribution in [2.45, 2.75) is 18.6 Å². The Balaban J connectivity index is 0.00000220. The van der Waals surface area contributed by atoms with E-state index in [2.05, 4.69) is 21.2 Å².